The van der Waals surface area contributed by atoms with Gasteiger partial charge in [-0.05, 0) is 86.5 Å². The SMILES string of the molecule is Cc1ccc2cc([C@H](c3nnnn3C(C)(C)C)N3CCC[C@@H](C)C3)c(=O)[nH]c2c1. The number of aromatic nitrogens is 5. The van der Waals surface area contributed by atoms with Gasteiger partial charge in [0.1, 0.15) is 6.04 Å². The van der Waals surface area contributed by atoms with E-state index in [2.05, 4.69) is 65.2 Å². The van der Waals surface area contributed by atoms with Crippen LogP contribution >= 0.6 is 0 Å². The lowest BCUT2D eigenvalue weighted by molar-refractivity contribution is 0.137. The van der Waals surface area contributed by atoms with Gasteiger partial charge in [-0.25, -0.2) is 4.68 Å². The number of nitrogens with one attached hydrogen (secondary N) is 1. The summed E-state index contributed by atoms with van der Waals surface area (Å²) in [5, 5.41) is 13.7. The first-order valence-corrected chi connectivity index (χ1v) is 10.4. The van der Waals surface area contributed by atoms with Crippen LogP contribution in [0.2, 0.25) is 0 Å². The molecule has 29 heavy (non-hydrogen) atoms. The Kier molecular flexibility index (Phi) is 5.02. The Hall–Kier alpha value is -2.54. The molecule has 2 atom stereocenters. The zero-order chi connectivity index (χ0) is 20.8. The van der Waals surface area contributed by atoms with E-state index >= 15 is 0 Å². The molecule has 1 N–H and O–H groups in total. The third kappa shape index (κ3) is 3.83. The lowest BCUT2D eigenvalue weighted by atomic mass is 9.95. The van der Waals surface area contributed by atoms with Crippen LogP contribution in [0.5, 0.6) is 0 Å². The summed E-state index contributed by atoms with van der Waals surface area (Å²) in [5.41, 5.74) is 2.34. The van der Waals surface area contributed by atoms with Gasteiger partial charge < -0.3 is 4.98 Å². The van der Waals surface area contributed by atoms with Crippen molar-refractivity contribution < 1.29 is 0 Å². The summed E-state index contributed by atoms with van der Waals surface area (Å²) in [5.74, 6) is 1.30. The van der Waals surface area contributed by atoms with Crippen LogP contribution in [0.4, 0.5) is 0 Å². The highest BCUT2D eigenvalue weighted by molar-refractivity contribution is 5.79. The predicted molar refractivity (Wildman–Crippen MR) is 114 cm³/mol. The van der Waals surface area contributed by atoms with Gasteiger partial charge >= 0.3 is 0 Å². The molecule has 3 heterocycles. The van der Waals surface area contributed by atoms with Crippen molar-refractivity contribution in [2.75, 3.05) is 13.1 Å². The average Bonchev–Trinajstić information content (AvgIpc) is 3.12. The van der Waals surface area contributed by atoms with Crippen molar-refractivity contribution in [3.8, 4) is 0 Å². The maximum Gasteiger partial charge on any atom is 0.253 e. The number of tetrazole rings is 1. The number of hydrogen-bond acceptors (Lipinski definition) is 5. The molecule has 1 saturated heterocycles. The smallest absolute Gasteiger partial charge is 0.253 e. The summed E-state index contributed by atoms with van der Waals surface area (Å²) < 4.78 is 1.86. The minimum Gasteiger partial charge on any atom is -0.322 e. The molecular formula is C22H30N6O. The topological polar surface area (TPSA) is 79.7 Å². The van der Waals surface area contributed by atoms with Gasteiger partial charge in [-0.3, -0.25) is 9.69 Å². The summed E-state index contributed by atoms with van der Waals surface area (Å²) in [7, 11) is 0. The second kappa shape index (κ2) is 7.37. The number of pyridine rings is 1. The van der Waals surface area contributed by atoms with Crippen LogP contribution in [0.1, 0.15) is 63.5 Å². The minimum absolute atomic E-state index is 0.0743. The van der Waals surface area contributed by atoms with Crippen LogP contribution in [-0.4, -0.2) is 43.2 Å². The van der Waals surface area contributed by atoms with E-state index in [-0.39, 0.29) is 17.1 Å². The van der Waals surface area contributed by atoms with E-state index in [1.807, 2.05) is 23.7 Å². The maximum atomic E-state index is 13.2. The molecule has 7 heteroatoms. The Morgan fingerprint density at radius 2 is 2.03 bits per heavy atom. The van der Waals surface area contributed by atoms with Crippen molar-refractivity contribution in [1.82, 2.24) is 30.1 Å². The van der Waals surface area contributed by atoms with E-state index < -0.39 is 0 Å². The summed E-state index contributed by atoms with van der Waals surface area (Å²) >= 11 is 0. The van der Waals surface area contributed by atoms with E-state index in [0.29, 0.717) is 11.5 Å². The predicted octanol–water partition coefficient (Wildman–Crippen LogP) is 3.40. The van der Waals surface area contributed by atoms with E-state index in [1.165, 1.54) is 6.42 Å². The largest absolute Gasteiger partial charge is 0.322 e. The standard InChI is InChI=1S/C22H30N6O/c1-14-8-9-16-12-17(21(29)23-18(16)11-14)19(27-10-6-7-15(2)13-27)20-24-25-26-28(20)22(3,4)5/h8-9,11-12,15,19H,6-7,10,13H2,1-5H3,(H,23,29)/t15-,19-/m1/s1. The molecule has 0 bridgehead atoms. The normalized spacial score (nSPS) is 19.6. The summed E-state index contributed by atoms with van der Waals surface area (Å²) in [4.78, 5) is 18.7. The highest BCUT2D eigenvalue weighted by Crippen LogP contribution is 2.32. The molecular weight excluding hydrogens is 364 g/mol. The van der Waals surface area contributed by atoms with Gasteiger partial charge in [-0.15, -0.1) is 5.10 Å². The maximum absolute atomic E-state index is 13.2. The molecule has 4 rings (SSSR count). The average molecular weight is 395 g/mol. The molecule has 0 radical (unpaired) electrons. The quantitative estimate of drug-likeness (QED) is 0.736. The van der Waals surface area contributed by atoms with Gasteiger partial charge in [0.25, 0.3) is 5.56 Å². The fourth-order valence-electron chi connectivity index (χ4n) is 4.34. The number of hydrogen-bond donors (Lipinski definition) is 1. The van der Waals surface area contributed by atoms with Crippen LogP contribution in [-0.2, 0) is 5.54 Å². The van der Waals surface area contributed by atoms with Crippen LogP contribution in [0.3, 0.4) is 0 Å². The van der Waals surface area contributed by atoms with Gasteiger partial charge in [-0.1, -0.05) is 19.1 Å². The number of H-pyrrole nitrogens is 1. The van der Waals surface area contributed by atoms with Crippen molar-refractivity contribution in [3.05, 3.63) is 51.6 Å². The van der Waals surface area contributed by atoms with Crippen molar-refractivity contribution in [2.45, 2.75) is 59.0 Å². The van der Waals surface area contributed by atoms with Crippen molar-refractivity contribution in [3.63, 3.8) is 0 Å². The number of aromatic amines is 1. The molecule has 1 fully saturated rings. The highest BCUT2D eigenvalue weighted by atomic mass is 16.1. The number of nitrogens with zero attached hydrogens (tertiary/aromatic N) is 5. The number of likely N-dealkylation sites (tertiary alicyclic amines) is 1. The molecule has 0 spiro atoms. The third-order valence-corrected chi connectivity index (χ3v) is 5.75. The van der Waals surface area contributed by atoms with Crippen molar-refractivity contribution in [2.24, 2.45) is 5.92 Å². The summed E-state index contributed by atoms with van der Waals surface area (Å²) in [6.07, 6.45) is 2.32. The molecule has 0 amide bonds. The summed E-state index contributed by atoms with van der Waals surface area (Å²) in [6.45, 7) is 12.4. The fourth-order valence-corrected chi connectivity index (χ4v) is 4.34. The zero-order valence-electron chi connectivity index (χ0n) is 17.9. The van der Waals surface area contributed by atoms with Crippen LogP contribution in [0.25, 0.3) is 10.9 Å². The van der Waals surface area contributed by atoms with E-state index in [0.717, 1.165) is 41.8 Å². The molecule has 3 aromatic rings. The first-order valence-electron chi connectivity index (χ1n) is 10.4. The first kappa shape index (κ1) is 19.8. The Bertz CT molecular complexity index is 1080. The molecule has 1 aliphatic heterocycles. The number of fused-ring (bicyclic) bond motifs is 1. The zero-order valence-corrected chi connectivity index (χ0v) is 17.9. The Labute approximate surface area is 171 Å². The highest BCUT2D eigenvalue weighted by Gasteiger charge is 2.34. The molecule has 0 unspecified atom stereocenters. The van der Waals surface area contributed by atoms with Gasteiger partial charge in [-0.2, -0.15) is 0 Å². The number of benzene rings is 1. The molecule has 0 saturated carbocycles. The minimum atomic E-state index is -0.279. The number of piperidine rings is 1. The van der Waals surface area contributed by atoms with Gasteiger partial charge in [0.15, 0.2) is 5.82 Å². The Balaban J connectivity index is 1.91. The van der Waals surface area contributed by atoms with Gasteiger partial charge in [0.05, 0.1) is 5.54 Å². The molecule has 7 nitrogen and oxygen atoms in total. The fraction of sp³-hybridized carbons (Fsp3) is 0.545. The molecule has 1 aromatic carbocycles. The third-order valence-electron chi connectivity index (χ3n) is 5.75. The Morgan fingerprint density at radius 3 is 2.76 bits per heavy atom. The molecule has 154 valence electrons. The van der Waals surface area contributed by atoms with Crippen LogP contribution in [0, 0.1) is 12.8 Å². The Morgan fingerprint density at radius 1 is 1.24 bits per heavy atom. The van der Waals surface area contributed by atoms with E-state index in [1.54, 1.807) is 0 Å². The number of aryl methyl sites for hydroxylation is 1. The molecule has 0 aliphatic carbocycles. The van der Waals surface area contributed by atoms with Crippen LogP contribution in [0.15, 0.2) is 29.1 Å². The lowest BCUT2D eigenvalue weighted by Crippen LogP contribution is -2.42. The second-order valence-electron chi connectivity index (χ2n) is 9.41. The lowest BCUT2D eigenvalue weighted by Gasteiger charge is -2.37. The second-order valence-corrected chi connectivity index (χ2v) is 9.41. The van der Waals surface area contributed by atoms with Gasteiger partial charge in [0.2, 0.25) is 0 Å². The van der Waals surface area contributed by atoms with Gasteiger partial charge in [0, 0.05) is 17.6 Å². The molecule has 1 aliphatic rings. The van der Waals surface area contributed by atoms with Crippen molar-refractivity contribution in [1.29, 1.82) is 0 Å². The summed E-state index contributed by atoms with van der Waals surface area (Å²) in [6, 6.07) is 7.88. The monoisotopic (exact) mass is 394 g/mol. The van der Waals surface area contributed by atoms with Crippen LogP contribution < -0.4 is 5.56 Å². The molecule has 2 aromatic heterocycles. The van der Waals surface area contributed by atoms with E-state index in [9.17, 15) is 4.79 Å². The number of rotatable bonds is 3. The first-order chi connectivity index (χ1) is 13.7. The van der Waals surface area contributed by atoms with Crippen molar-refractivity contribution >= 4 is 10.9 Å². The van der Waals surface area contributed by atoms with E-state index in [4.69, 9.17) is 0 Å².